The first-order valence-corrected chi connectivity index (χ1v) is 3.92. The molecular weight excluding hydrogens is 140 g/mol. The maximum Gasteiger partial charge on any atom is 0.296 e. The maximum absolute atomic E-state index is 5.53. The standard InChI is InChI=1S/C8H12N2O/c1-6-5-9-8(10(6)2)11-7-3-4-7/h5,7H,3-4H2,1-2H3. The Morgan fingerprint density at radius 1 is 1.64 bits per heavy atom. The van der Waals surface area contributed by atoms with E-state index in [0.717, 1.165) is 11.7 Å². The molecule has 1 aliphatic carbocycles. The quantitative estimate of drug-likeness (QED) is 0.638. The summed E-state index contributed by atoms with van der Waals surface area (Å²) in [6.07, 6.45) is 4.64. The van der Waals surface area contributed by atoms with Gasteiger partial charge in [0.15, 0.2) is 0 Å². The number of hydrogen-bond acceptors (Lipinski definition) is 2. The predicted molar refractivity (Wildman–Crippen MR) is 41.6 cm³/mol. The molecule has 1 heterocycles. The Labute approximate surface area is 66.0 Å². The van der Waals surface area contributed by atoms with E-state index in [4.69, 9.17) is 4.74 Å². The molecule has 1 aromatic rings. The lowest BCUT2D eigenvalue weighted by Crippen LogP contribution is -2.02. The molecule has 0 amide bonds. The summed E-state index contributed by atoms with van der Waals surface area (Å²) < 4.78 is 7.50. The normalized spacial score (nSPS) is 16.9. The van der Waals surface area contributed by atoms with Crippen LogP contribution in [0.5, 0.6) is 6.01 Å². The highest BCUT2D eigenvalue weighted by Crippen LogP contribution is 2.25. The van der Waals surface area contributed by atoms with Crippen LogP contribution in [0.25, 0.3) is 0 Å². The molecule has 0 saturated heterocycles. The summed E-state index contributed by atoms with van der Waals surface area (Å²) in [5.41, 5.74) is 1.14. The zero-order valence-electron chi connectivity index (χ0n) is 6.87. The number of imidazole rings is 1. The lowest BCUT2D eigenvalue weighted by Gasteiger charge is -2.03. The Bertz CT molecular complexity index is 263. The van der Waals surface area contributed by atoms with Crippen molar-refractivity contribution in [3.05, 3.63) is 11.9 Å². The van der Waals surface area contributed by atoms with Gasteiger partial charge in [-0.05, 0) is 19.8 Å². The monoisotopic (exact) mass is 152 g/mol. The minimum absolute atomic E-state index is 0.440. The molecule has 0 atom stereocenters. The fraction of sp³-hybridized carbons (Fsp3) is 0.625. The number of rotatable bonds is 2. The van der Waals surface area contributed by atoms with E-state index in [0.29, 0.717) is 6.10 Å². The average Bonchev–Trinajstić information content (AvgIpc) is 2.74. The second-order valence-electron chi connectivity index (χ2n) is 3.06. The number of hydrogen-bond donors (Lipinski definition) is 0. The Morgan fingerprint density at radius 2 is 2.36 bits per heavy atom. The van der Waals surface area contributed by atoms with Gasteiger partial charge in [-0.2, -0.15) is 0 Å². The van der Waals surface area contributed by atoms with Crippen molar-refractivity contribution in [1.29, 1.82) is 0 Å². The zero-order valence-corrected chi connectivity index (χ0v) is 6.87. The van der Waals surface area contributed by atoms with Crippen LogP contribution in [0.3, 0.4) is 0 Å². The van der Waals surface area contributed by atoms with Crippen molar-refractivity contribution >= 4 is 0 Å². The lowest BCUT2D eigenvalue weighted by molar-refractivity contribution is 0.268. The highest BCUT2D eigenvalue weighted by Gasteiger charge is 2.25. The summed E-state index contributed by atoms with van der Waals surface area (Å²) in [6.45, 7) is 2.02. The van der Waals surface area contributed by atoms with Gasteiger partial charge in [0, 0.05) is 12.7 Å². The van der Waals surface area contributed by atoms with Crippen molar-refractivity contribution in [1.82, 2.24) is 9.55 Å². The van der Waals surface area contributed by atoms with E-state index in [1.807, 2.05) is 24.7 Å². The second kappa shape index (κ2) is 2.26. The molecule has 1 aromatic heterocycles. The third-order valence-electron chi connectivity index (χ3n) is 1.97. The van der Waals surface area contributed by atoms with Crippen LogP contribution < -0.4 is 4.74 Å². The summed E-state index contributed by atoms with van der Waals surface area (Å²) in [5, 5.41) is 0. The Morgan fingerprint density at radius 3 is 2.82 bits per heavy atom. The van der Waals surface area contributed by atoms with Crippen LogP contribution in [0.2, 0.25) is 0 Å². The maximum atomic E-state index is 5.53. The number of ether oxygens (including phenoxy) is 1. The largest absolute Gasteiger partial charge is 0.461 e. The molecule has 0 N–H and O–H groups in total. The van der Waals surface area contributed by atoms with E-state index in [9.17, 15) is 0 Å². The molecule has 1 aliphatic rings. The number of nitrogens with zero attached hydrogens (tertiary/aromatic N) is 2. The minimum atomic E-state index is 0.440. The summed E-state index contributed by atoms with van der Waals surface area (Å²) in [6, 6.07) is 0.755. The topological polar surface area (TPSA) is 27.1 Å². The van der Waals surface area contributed by atoms with E-state index in [1.54, 1.807) is 0 Å². The highest BCUT2D eigenvalue weighted by molar-refractivity contribution is 5.07. The zero-order chi connectivity index (χ0) is 7.84. The smallest absolute Gasteiger partial charge is 0.296 e. The van der Waals surface area contributed by atoms with Gasteiger partial charge in [-0.15, -0.1) is 0 Å². The van der Waals surface area contributed by atoms with Crippen LogP contribution in [0.15, 0.2) is 6.20 Å². The molecule has 11 heavy (non-hydrogen) atoms. The van der Waals surface area contributed by atoms with Crippen molar-refractivity contribution in [3.8, 4) is 6.01 Å². The summed E-state index contributed by atoms with van der Waals surface area (Å²) in [7, 11) is 1.97. The highest BCUT2D eigenvalue weighted by atomic mass is 16.5. The van der Waals surface area contributed by atoms with Gasteiger partial charge in [-0.1, -0.05) is 0 Å². The number of aryl methyl sites for hydroxylation is 1. The average molecular weight is 152 g/mol. The van der Waals surface area contributed by atoms with Crippen LogP contribution >= 0.6 is 0 Å². The molecule has 3 nitrogen and oxygen atoms in total. The first kappa shape index (κ1) is 6.70. The van der Waals surface area contributed by atoms with E-state index < -0.39 is 0 Å². The molecule has 0 spiro atoms. The van der Waals surface area contributed by atoms with Crippen LogP contribution in [-0.4, -0.2) is 15.7 Å². The first-order chi connectivity index (χ1) is 5.27. The lowest BCUT2D eigenvalue weighted by atomic mass is 10.5. The third kappa shape index (κ3) is 1.23. The van der Waals surface area contributed by atoms with Crippen molar-refractivity contribution in [3.63, 3.8) is 0 Å². The molecule has 0 aromatic carbocycles. The van der Waals surface area contributed by atoms with Gasteiger partial charge in [0.1, 0.15) is 6.10 Å². The second-order valence-corrected chi connectivity index (χ2v) is 3.06. The van der Waals surface area contributed by atoms with Crippen molar-refractivity contribution in [2.24, 2.45) is 7.05 Å². The summed E-state index contributed by atoms with van der Waals surface area (Å²) in [5.74, 6) is 0. The molecule has 0 aliphatic heterocycles. The van der Waals surface area contributed by atoms with Gasteiger partial charge in [0.2, 0.25) is 0 Å². The number of aromatic nitrogens is 2. The first-order valence-electron chi connectivity index (χ1n) is 3.92. The van der Waals surface area contributed by atoms with E-state index in [2.05, 4.69) is 4.98 Å². The predicted octanol–water partition coefficient (Wildman–Crippen LogP) is 1.27. The Balaban J connectivity index is 2.15. The molecule has 2 rings (SSSR count). The summed E-state index contributed by atoms with van der Waals surface area (Å²) in [4.78, 5) is 4.14. The summed E-state index contributed by atoms with van der Waals surface area (Å²) >= 11 is 0. The molecule has 1 fully saturated rings. The molecule has 3 heteroatoms. The SMILES string of the molecule is Cc1cnc(OC2CC2)n1C. The third-order valence-corrected chi connectivity index (χ3v) is 1.97. The minimum Gasteiger partial charge on any atom is -0.461 e. The molecule has 0 radical (unpaired) electrons. The van der Waals surface area contributed by atoms with Crippen LogP contribution in [0, 0.1) is 6.92 Å². The van der Waals surface area contributed by atoms with Crippen LogP contribution in [0.1, 0.15) is 18.5 Å². The van der Waals surface area contributed by atoms with Gasteiger partial charge in [-0.25, -0.2) is 4.98 Å². The van der Waals surface area contributed by atoms with Crippen molar-refractivity contribution in [2.45, 2.75) is 25.9 Å². The van der Waals surface area contributed by atoms with Gasteiger partial charge in [0.05, 0.1) is 6.20 Å². The van der Waals surface area contributed by atoms with Gasteiger partial charge < -0.3 is 9.30 Å². The van der Waals surface area contributed by atoms with Crippen molar-refractivity contribution in [2.75, 3.05) is 0 Å². The van der Waals surface area contributed by atoms with E-state index >= 15 is 0 Å². The van der Waals surface area contributed by atoms with Gasteiger partial charge >= 0.3 is 0 Å². The molecule has 60 valence electrons. The van der Waals surface area contributed by atoms with E-state index in [1.165, 1.54) is 12.8 Å². The molecule has 1 saturated carbocycles. The molecule has 0 unspecified atom stereocenters. The Kier molecular flexibility index (Phi) is 1.37. The van der Waals surface area contributed by atoms with Crippen LogP contribution in [-0.2, 0) is 7.05 Å². The van der Waals surface area contributed by atoms with Gasteiger partial charge in [-0.3, -0.25) is 0 Å². The van der Waals surface area contributed by atoms with Gasteiger partial charge in [0.25, 0.3) is 6.01 Å². The fourth-order valence-corrected chi connectivity index (χ4v) is 0.917. The van der Waals surface area contributed by atoms with E-state index in [-0.39, 0.29) is 0 Å². The van der Waals surface area contributed by atoms with Crippen LogP contribution in [0.4, 0.5) is 0 Å². The Hall–Kier alpha value is -0.990. The molecule has 0 bridgehead atoms. The fourth-order valence-electron chi connectivity index (χ4n) is 0.917. The van der Waals surface area contributed by atoms with Crippen molar-refractivity contribution < 1.29 is 4.74 Å². The molecular formula is C8H12N2O.